The number of hydrogen-bond donors (Lipinski definition) is 0. The molecular weight excluding hydrogens is 96.0 g/mol. The minimum Gasteiger partial charge on any atom is -0.295 e. The Labute approximate surface area is 38.8 Å². The third-order valence-electron chi connectivity index (χ3n) is 0.455. The van der Waals surface area contributed by atoms with Crippen LogP contribution in [0.2, 0.25) is 0 Å². The lowest BCUT2D eigenvalue weighted by Crippen LogP contribution is -1.96. The lowest BCUT2D eigenvalue weighted by atomic mass is 10.7. The molecule has 4 nitrogen and oxygen atoms in total. The van der Waals surface area contributed by atoms with Crippen molar-refractivity contribution in [3.8, 4) is 0 Å². The summed E-state index contributed by atoms with van der Waals surface area (Å²) in [6.45, 7) is 0. The van der Waals surface area contributed by atoms with Crippen LogP contribution in [0.15, 0.2) is 21.6 Å². The molecule has 1 heterocycles. The highest BCUT2D eigenvalue weighted by Crippen LogP contribution is 1.57. The van der Waals surface area contributed by atoms with Crippen molar-refractivity contribution in [1.29, 1.82) is 0 Å². The summed E-state index contributed by atoms with van der Waals surface area (Å²) in [4.78, 5) is 10.0. The van der Waals surface area contributed by atoms with Gasteiger partial charge in [0.15, 0.2) is 0 Å². The predicted octanol–water partition coefficient (Wildman–Crippen LogP) is -0.570. The smallest absolute Gasteiger partial charge is 0.295 e. The molecule has 1 aromatic rings. The molecule has 0 atom stereocenters. The quantitative estimate of drug-likeness (QED) is 0.436. The molecule has 0 fully saturated rings. The van der Waals surface area contributed by atoms with E-state index in [1.165, 1.54) is 12.3 Å². The van der Waals surface area contributed by atoms with Gasteiger partial charge in [-0.2, -0.15) is 0 Å². The van der Waals surface area contributed by atoms with Gasteiger partial charge in [-0.05, 0) is 0 Å². The van der Waals surface area contributed by atoms with Gasteiger partial charge >= 0.3 is 5.63 Å². The molecule has 0 spiro atoms. The number of rotatable bonds is 0. The van der Waals surface area contributed by atoms with Gasteiger partial charge in [0.05, 0.1) is 6.20 Å². The first-order valence-electron chi connectivity index (χ1n) is 1.67. The maximum absolute atomic E-state index is 10.0. The van der Waals surface area contributed by atoms with Crippen molar-refractivity contribution in [3.05, 3.63) is 22.7 Å². The van der Waals surface area contributed by atoms with Crippen LogP contribution in [-0.2, 0) is 0 Å². The van der Waals surface area contributed by atoms with E-state index in [1.807, 2.05) is 0 Å². The van der Waals surface area contributed by atoms with Gasteiger partial charge in [-0.25, -0.2) is 4.79 Å². The number of hydrogen-bond acceptors (Lipinski definition) is 4. The Hall–Kier alpha value is -1.19. The van der Waals surface area contributed by atoms with Crippen LogP contribution in [0.25, 0.3) is 0 Å². The molecule has 1 aromatic heterocycles. The third-order valence-corrected chi connectivity index (χ3v) is 0.455. The second-order valence-corrected chi connectivity index (χ2v) is 0.923. The molecule has 0 amide bonds. The Kier molecular flexibility index (Phi) is 0.856. The largest absolute Gasteiger partial charge is 0.362 e. The van der Waals surface area contributed by atoms with Crippen LogP contribution >= 0.6 is 0 Å². The minimum absolute atomic E-state index is 0.477. The molecule has 36 valence electrons. The Balaban J connectivity index is 3.28. The van der Waals surface area contributed by atoms with Crippen LogP contribution in [0.5, 0.6) is 0 Å². The lowest BCUT2D eigenvalue weighted by molar-refractivity contribution is 0.332. The normalized spacial score (nSPS) is 8.57. The van der Waals surface area contributed by atoms with Crippen molar-refractivity contribution in [2.24, 2.45) is 0 Å². The van der Waals surface area contributed by atoms with Crippen LogP contribution in [0.1, 0.15) is 0 Å². The standard InChI is InChI=1S/C3H2N2O2/c6-3-1-2-4-5-7-3/h1-2H. The van der Waals surface area contributed by atoms with Gasteiger partial charge in [-0.1, -0.05) is 0 Å². The fourth-order valence-corrected chi connectivity index (χ4v) is 0.216. The van der Waals surface area contributed by atoms with Crippen LogP contribution < -0.4 is 5.63 Å². The van der Waals surface area contributed by atoms with Crippen LogP contribution in [-0.4, -0.2) is 10.4 Å². The van der Waals surface area contributed by atoms with Gasteiger partial charge in [-0.15, -0.1) is 5.10 Å². The fourth-order valence-electron chi connectivity index (χ4n) is 0.216. The highest BCUT2D eigenvalue weighted by molar-refractivity contribution is 4.68. The van der Waals surface area contributed by atoms with Crippen molar-refractivity contribution in [1.82, 2.24) is 10.4 Å². The van der Waals surface area contributed by atoms with Gasteiger partial charge in [0.25, 0.3) is 0 Å². The Bertz CT molecular complexity index is 177. The highest BCUT2D eigenvalue weighted by atomic mass is 16.5. The predicted molar refractivity (Wildman–Crippen MR) is 20.6 cm³/mol. The summed E-state index contributed by atoms with van der Waals surface area (Å²) in [6, 6.07) is 1.19. The van der Waals surface area contributed by atoms with E-state index in [2.05, 4.69) is 14.9 Å². The van der Waals surface area contributed by atoms with E-state index in [1.54, 1.807) is 0 Å². The molecule has 0 bridgehead atoms. The highest BCUT2D eigenvalue weighted by Gasteiger charge is 1.75. The zero-order valence-electron chi connectivity index (χ0n) is 3.37. The molecule has 0 aliphatic rings. The maximum atomic E-state index is 10.0. The van der Waals surface area contributed by atoms with Gasteiger partial charge < -0.3 is 0 Å². The molecule has 0 radical (unpaired) electrons. The van der Waals surface area contributed by atoms with E-state index in [0.29, 0.717) is 0 Å². The molecule has 1 rings (SSSR count). The molecular formula is C3H2N2O2. The van der Waals surface area contributed by atoms with Crippen molar-refractivity contribution in [3.63, 3.8) is 0 Å². The number of aromatic nitrogens is 2. The summed E-state index contributed by atoms with van der Waals surface area (Å²) in [5.41, 5.74) is -0.477. The minimum atomic E-state index is -0.477. The summed E-state index contributed by atoms with van der Waals surface area (Å²) < 4.78 is 4.01. The first-order chi connectivity index (χ1) is 3.39. The monoisotopic (exact) mass is 98.0 g/mol. The Morgan fingerprint density at radius 3 is 2.86 bits per heavy atom. The van der Waals surface area contributed by atoms with Crippen molar-refractivity contribution >= 4 is 0 Å². The van der Waals surface area contributed by atoms with Crippen LogP contribution in [0.4, 0.5) is 0 Å². The average molecular weight is 98.1 g/mol. The van der Waals surface area contributed by atoms with Gasteiger partial charge in [0, 0.05) is 11.3 Å². The zero-order chi connectivity index (χ0) is 5.11. The lowest BCUT2D eigenvalue weighted by Gasteiger charge is -1.69. The molecule has 0 unspecified atom stereocenters. The molecule has 0 aliphatic carbocycles. The first-order valence-corrected chi connectivity index (χ1v) is 1.67. The zero-order valence-corrected chi connectivity index (χ0v) is 3.37. The molecule has 0 saturated carbocycles. The fraction of sp³-hybridized carbons (Fsp3) is 0. The molecule has 4 heteroatoms. The van der Waals surface area contributed by atoms with Crippen molar-refractivity contribution < 1.29 is 4.52 Å². The SMILES string of the molecule is O=c1ccnno1. The van der Waals surface area contributed by atoms with Gasteiger partial charge in [0.2, 0.25) is 0 Å². The Morgan fingerprint density at radius 1 is 1.71 bits per heavy atom. The third kappa shape index (κ3) is 0.819. The van der Waals surface area contributed by atoms with E-state index < -0.39 is 5.63 Å². The van der Waals surface area contributed by atoms with Crippen LogP contribution in [0, 0.1) is 0 Å². The molecule has 0 aromatic carbocycles. The number of nitrogens with zero attached hydrogens (tertiary/aromatic N) is 2. The Morgan fingerprint density at radius 2 is 2.57 bits per heavy atom. The molecule has 0 aliphatic heterocycles. The van der Waals surface area contributed by atoms with E-state index in [-0.39, 0.29) is 0 Å². The van der Waals surface area contributed by atoms with E-state index in [0.717, 1.165) is 0 Å². The van der Waals surface area contributed by atoms with Gasteiger partial charge in [-0.3, -0.25) is 4.52 Å². The summed E-state index contributed by atoms with van der Waals surface area (Å²) in [7, 11) is 0. The molecule has 7 heavy (non-hydrogen) atoms. The second kappa shape index (κ2) is 1.51. The van der Waals surface area contributed by atoms with E-state index in [9.17, 15) is 4.79 Å². The van der Waals surface area contributed by atoms with Crippen molar-refractivity contribution in [2.45, 2.75) is 0 Å². The summed E-state index contributed by atoms with van der Waals surface area (Å²) in [6.07, 6.45) is 1.27. The topological polar surface area (TPSA) is 56.0 Å². The van der Waals surface area contributed by atoms with Crippen molar-refractivity contribution in [2.75, 3.05) is 0 Å². The first kappa shape index (κ1) is 3.98. The second-order valence-electron chi connectivity index (χ2n) is 0.923. The molecule has 0 N–H and O–H groups in total. The summed E-state index contributed by atoms with van der Waals surface area (Å²) >= 11 is 0. The maximum Gasteiger partial charge on any atom is 0.362 e. The van der Waals surface area contributed by atoms with E-state index >= 15 is 0 Å². The summed E-state index contributed by atoms with van der Waals surface area (Å²) in [5, 5.41) is 6.18. The average Bonchev–Trinajstić information content (AvgIpc) is 1.69. The van der Waals surface area contributed by atoms with E-state index in [4.69, 9.17) is 0 Å². The molecule has 0 saturated heterocycles. The van der Waals surface area contributed by atoms with Gasteiger partial charge in [0.1, 0.15) is 0 Å². The summed E-state index contributed by atoms with van der Waals surface area (Å²) in [5.74, 6) is 0. The van der Waals surface area contributed by atoms with Crippen LogP contribution in [0.3, 0.4) is 0 Å².